The average molecular weight is 364 g/mol. The summed E-state index contributed by atoms with van der Waals surface area (Å²) in [6, 6.07) is 9.62. The maximum Gasteiger partial charge on any atom is 0.236 e. The van der Waals surface area contributed by atoms with Gasteiger partial charge in [-0.05, 0) is 18.6 Å². The van der Waals surface area contributed by atoms with Gasteiger partial charge in [0, 0.05) is 44.1 Å². The average Bonchev–Trinajstić information content (AvgIpc) is 3.17. The van der Waals surface area contributed by atoms with Crippen LogP contribution in [0.1, 0.15) is 11.5 Å². The van der Waals surface area contributed by atoms with E-state index in [9.17, 15) is 4.79 Å². The van der Waals surface area contributed by atoms with Crippen LogP contribution in [0.2, 0.25) is 0 Å². The number of carbonyl (C=O) groups excluding carboxylic acids is 1. The van der Waals surface area contributed by atoms with Gasteiger partial charge in [-0.15, -0.1) is 0 Å². The molecule has 1 amide bonds. The second kappa shape index (κ2) is 7.53. The zero-order chi connectivity index (χ0) is 18.6. The molecule has 3 aromatic rings. The van der Waals surface area contributed by atoms with Crippen molar-refractivity contribution in [2.45, 2.75) is 13.3 Å². The molecular formula is C19H20N6O2. The minimum Gasteiger partial charge on any atom is -0.339 e. The fourth-order valence-corrected chi connectivity index (χ4v) is 3.11. The molecule has 0 spiro atoms. The third-order valence-corrected chi connectivity index (χ3v) is 4.62. The van der Waals surface area contributed by atoms with Crippen LogP contribution in [0.15, 0.2) is 47.2 Å². The van der Waals surface area contributed by atoms with Crippen LogP contribution >= 0.6 is 0 Å². The lowest BCUT2D eigenvalue weighted by Crippen LogP contribution is -2.49. The number of rotatable bonds is 4. The largest absolute Gasteiger partial charge is 0.339 e. The van der Waals surface area contributed by atoms with Crippen LogP contribution < -0.4 is 4.90 Å². The number of hydrogen-bond donors (Lipinski definition) is 0. The molecule has 27 heavy (non-hydrogen) atoms. The Labute approximate surface area is 156 Å². The summed E-state index contributed by atoms with van der Waals surface area (Å²) in [5.74, 6) is 1.54. The zero-order valence-electron chi connectivity index (χ0n) is 15.1. The smallest absolute Gasteiger partial charge is 0.236 e. The number of piperazine rings is 1. The molecule has 3 heterocycles. The van der Waals surface area contributed by atoms with E-state index in [-0.39, 0.29) is 12.3 Å². The Morgan fingerprint density at radius 3 is 2.56 bits per heavy atom. The van der Waals surface area contributed by atoms with E-state index in [1.807, 2.05) is 36.1 Å². The van der Waals surface area contributed by atoms with Crippen molar-refractivity contribution >= 4 is 11.9 Å². The highest BCUT2D eigenvalue weighted by molar-refractivity contribution is 5.78. The lowest BCUT2D eigenvalue weighted by atomic mass is 10.1. The second-order valence-corrected chi connectivity index (χ2v) is 6.42. The van der Waals surface area contributed by atoms with E-state index < -0.39 is 0 Å². The molecule has 8 nitrogen and oxygen atoms in total. The second-order valence-electron chi connectivity index (χ2n) is 6.42. The molecule has 0 unspecified atom stereocenters. The first-order chi connectivity index (χ1) is 13.2. The summed E-state index contributed by atoms with van der Waals surface area (Å²) in [4.78, 5) is 29.4. The SMILES string of the molecule is Cc1ccccc1-c1noc(CC(=O)N2CCN(c3ncccn3)CC2)n1. The van der Waals surface area contributed by atoms with Gasteiger partial charge in [0.2, 0.25) is 23.6 Å². The summed E-state index contributed by atoms with van der Waals surface area (Å²) in [5, 5.41) is 4.02. The Morgan fingerprint density at radius 1 is 1.07 bits per heavy atom. The fourth-order valence-electron chi connectivity index (χ4n) is 3.11. The van der Waals surface area contributed by atoms with Gasteiger partial charge in [-0.2, -0.15) is 4.98 Å². The number of aryl methyl sites for hydroxylation is 1. The van der Waals surface area contributed by atoms with Crippen LogP contribution in [0, 0.1) is 6.92 Å². The molecule has 1 aliphatic heterocycles. The number of carbonyl (C=O) groups is 1. The van der Waals surface area contributed by atoms with E-state index in [0.717, 1.165) is 11.1 Å². The Hall–Kier alpha value is -3.29. The number of hydrogen-bond acceptors (Lipinski definition) is 7. The van der Waals surface area contributed by atoms with Gasteiger partial charge in [0.25, 0.3) is 0 Å². The van der Waals surface area contributed by atoms with Gasteiger partial charge in [0.05, 0.1) is 0 Å². The van der Waals surface area contributed by atoms with E-state index in [1.54, 1.807) is 18.5 Å². The third-order valence-electron chi connectivity index (χ3n) is 4.62. The molecule has 1 aromatic carbocycles. The topological polar surface area (TPSA) is 88.3 Å². The number of anilines is 1. The van der Waals surface area contributed by atoms with Crippen LogP contribution in [0.25, 0.3) is 11.4 Å². The van der Waals surface area contributed by atoms with Crippen molar-refractivity contribution in [2.24, 2.45) is 0 Å². The Morgan fingerprint density at radius 2 is 1.81 bits per heavy atom. The Bertz CT molecular complexity index is 919. The van der Waals surface area contributed by atoms with Gasteiger partial charge in [0.1, 0.15) is 6.42 Å². The summed E-state index contributed by atoms with van der Waals surface area (Å²) < 4.78 is 5.29. The standard InChI is InChI=1S/C19H20N6O2/c1-14-5-2-3-6-15(14)18-22-16(27-23-18)13-17(26)24-9-11-25(12-10-24)19-20-7-4-8-21-19/h2-8H,9-13H2,1H3. The molecular weight excluding hydrogens is 344 g/mol. The first kappa shape index (κ1) is 17.1. The van der Waals surface area contributed by atoms with Gasteiger partial charge in [-0.3, -0.25) is 4.79 Å². The van der Waals surface area contributed by atoms with Gasteiger partial charge in [0.15, 0.2) is 0 Å². The summed E-state index contributed by atoms with van der Waals surface area (Å²) in [6.45, 7) is 4.64. The minimum atomic E-state index is -0.0105. The quantitative estimate of drug-likeness (QED) is 0.696. The fraction of sp³-hybridized carbons (Fsp3) is 0.316. The summed E-state index contributed by atoms with van der Waals surface area (Å²) in [7, 11) is 0. The number of benzene rings is 1. The maximum atomic E-state index is 12.6. The molecule has 0 aliphatic carbocycles. The van der Waals surface area contributed by atoms with Crippen molar-refractivity contribution in [1.29, 1.82) is 0 Å². The van der Waals surface area contributed by atoms with Crippen molar-refractivity contribution in [3.8, 4) is 11.4 Å². The lowest BCUT2D eigenvalue weighted by molar-refractivity contribution is -0.131. The number of amides is 1. The Balaban J connectivity index is 1.36. The molecule has 0 atom stereocenters. The first-order valence-corrected chi connectivity index (χ1v) is 8.89. The van der Waals surface area contributed by atoms with Crippen LogP contribution in [-0.4, -0.2) is 57.1 Å². The first-order valence-electron chi connectivity index (χ1n) is 8.89. The molecule has 1 saturated heterocycles. The number of aromatic nitrogens is 4. The minimum absolute atomic E-state index is 0.0105. The van der Waals surface area contributed by atoms with Gasteiger partial charge >= 0.3 is 0 Å². The van der Waals surface area contributed by atoms with Crippen LogP contribution in [0.3, 0.4) is 0 Å². The molecule has 0 bridgehead atoms. The molecule has 4 rings (SSSR count). The molecule has 0 N–H and O–H groups in total. The third kappa shape index (κ3) is 3.79. The van der Waals surface area contributed by atoms with E-state index in [2.05, 4.69) is 25.0 Å². The summed E-state index contributed by atoms with van der Waals surface area (Å²) >= 11 is 0. The van der Waals surface area contributed by atoms with Gasteiger partial charge < -0.3 is 14.3 Å². The highest BCUT2D eigenvalue weighted by atomic mass is 16.5. The maximum absolute atomic E-state index is 12.6. The summed E-state index contributed by atoms with van der Waals surface area (Å²) in [6.07, 6.45) is 3.56. The molecule has 1 aliphatic rings. The lowest BCUT2D eigenvalue weighted by Gasteiger charge is -2.34. The molecule has 1 fully saturated rings. The van der Waals surface area contributed by atoms with Gasteiger partial charge in [-0.1, -0.05) is 29.4 Å². The predicted molar refractivity (Wildman–Crippen MR) is 99.0 cm³/mol. The zero-order valence-corrected chi connectivity index (χ0v) is 15.1. The van der Waals surface area contributed by atoms with Crippen molar-refractivity contribution in [3.05, 3.63) is 54.2 Å². The molecule has 0 saturated carbocycles. The molecule has 2 aromatic heterocycles. The Kier molecular flexibility index (Phi) is 4.78. The van der Waals surface area contributed by atoms with Crippen molar-refractivity contribution in [3.63, 3.8) is 0 Å². The van der Waals surface area contributed by atoms with Crippen LogP contribution in [0.4, 0.5) is 5.95 Å². The highest BCUT2D eigenvalue weighted by Crippen LogP contribution is 2.20. The number of nitrogens with zero attached hydrogens (tertiary/aromatic N) is 6. The molecule has 0 radical (unpaired) electrons. The predicted octanol–water partition coefficient (Wildman–Crippen LogP) is 1.73. The van der Waals surface area contributed by atoms with E-state index in [1.165, 1.54) is 0 Å². The van der Waals surface area contributed by atoms with Crippen molar-refractivity contribution in [2.75, 3.05) is 31.1 Å². The van der Waals surface area contributed by atoms with Crippen molar-refractivity contribution in [1.82, 2.24) is 25.0 Å². The van der Waals surface area contributed by atoms with E-state index in [0.29, 0.717) is 43.8 Å². The molecule has 138 valence electrons. The van der Waals surface area contributed by atoms with E-state index >= 15 is 0 Å². The van der Waals surface area contributed by atoms with Crippen LogP contribution in [0.5, 0.6) is 0 Å². The monoisotopic (exact) mass is 364 g/mol. The van der Waals surface area contributed by atoms with E-state index in [4.69, 9.17) is 4.52 Å². The highest BCUT2D eigenvalue weighted by Gasteiger charge is 2.24. The molecule has 8 heteroatoms. The van der Waals surface area contributed by atoms with Crippen molar-refractivity contribution < 1.29 is 9.32 Å². The van der Waals surface area contributed by atoms with Crippen LogP contribution in [-0.2, 0) is 11.2 Å². The van der Waals surface area contributed by atoms with Gasteiger partial charge in [-0.25, -0.2) is 9.97 Å². The normalized spacial score (nSPS) is 14.4. The summed E-state index contributed by atoms with van der Waals surface area (Å²) in [5.41, 5.74) is 1.98.